The molecule has 1 atom stereocenters. The number of imide groups is 1. The predicted octanol–water partition coefficient (Wildman–Crippen LogP) is 4.91. The molecule has 1 unspecified atom stereocenters. The van der Waals surface area contributed by atoms with Gasteiger partial charge in [0.1, 0.15) is 6.04 Å². The lowest BCUT2D eigenvalue weighted by Gasteiger charge is -2.36. The number of hydrogen-bond acceptors (Lipinski definition) is 6. The highest BCUT2D eigenvalue weighted by Gasteiger charge is 2.39. The molecule has 9 heteroatoms. The quantitative estimate of drug-likeness (QED) is 0.361. The zero-order chi connectivity index (χ0) is 30.9. The van der Waals surface area contributed by atoms with E-state index in [2.05, 4.69) is 96.6 Å². The largest absolute Gasteiger partial charge is 0.369 e. The van der Waals surface area contributed by atoms with Crippen LogP contribution < -0.4 is 10.2 Å². The Kier molecular flexibility index (Phi) is 8.75. The van der Waals surface area contributed by atoms with Crippen LogP contribution in [0.1, 0.15) is 64.2 Å². The fourth-order valence-corrected chi connectivity index (χ4v) is 7.62. The number of carbonyl (C=O) groups is 3. The van der Waals surface area contributed by atoms with Crippen molar-refractivity contribution >= 4 is 39.3 Å². The van der Waals surface area contributed by atoms with Crippen molar-refractivity contribution in [1.82, 2.24) is 20.0 Å². The summed E-state index contributed by atoms with van der Waals surface area (Å²) in [6, 6.07) is 23.5. The molecule has 1 N–H and O–H groups in total. The van der Waals surface area contributed by atoms with Gasteiger partial charge in [0.05, 0.1) is 0 Å². The van der Waals surface area contributed by atoms with Gasteiger partial charge in [-0.1, -0.05) is 52.3 Å². The summed E-state index contributed by atoms with van der Waals surface area (Å²) in [5.74, 6) is -0.255. The summed E-state index contributed by atoms with van der Waals surface area (Å²) in [5.41, 5.74) is 7.01. The smallest absolute Gasteiger partial charge is 0.255 e. The molecule has 8 nitrogen and oxygen atoms in total. The number of fused-ring (bicyclic) bond motifs is 1. The summed E-state index contributed by atoms with van der Waals surface area (Å²) >= 11 is 3.53. The Hall–Kier alpha value is -3.53. The second-order valence-electron chi connectivity index (χ2n) is 12.9. The number of piperidine rings is 2. The molecule has 0 aliphatic carbocycles. The van der Waals surface area contributed by atoms with Gasteiger partial charge in [-0.15, -0.1) is 0 Å². The summed E-state index contributed by atoms with van der Waals surface area (Å²) in [5, 5.41) is 2.38. The van der Waals surface area contributed by atoms with Gasteiger partial charge in [0.15, 0.2) is 0 Å². The Labute approximate surface area is 273 Å². The van der Waals surface area contributed by atoms with Gasteiger partial charge < -0.3 is 9.80 Å². The van der Waals surface area contributed by atoms with E-state index < -0.39 is 6.04 Å². The molecule has 45 heavy (non-hydrogen) atoms. The normalized spacial score (nSPS) is 21.7. The fraction of sp³-hybridized carbons (Fsp3) is 0.417. The second kappa shape index (κ2) is 13.1. The number of anilines is 1. The van der Waals surface area contributed by atoms with Crippen LogP contribution in [0.2, 0.25) is 0 Å². The minimum atomic E-state index is -0.567. The maximum absolute atomic E-state index is 13.1. The molecule has 4 heterocycles. The number of hydrogen-bond donors (Lipinski definition) is 1. The molecule has 3 saturated heterocycles. The van der Waals surface area contributed by atoms with Crippen molar-refractivity contribution in [3.8, 4) is 0 Å². The van der Waals surface area contributed by atoms with E-state index in [1.807, 2.05) is 6.07 Å². The van der Waals surface area contributed by atoms with E-state index in [1.165, 1.54) is 22.4 Å². The first-order chi connectivity index (χ1) is 21.9. The van der Waals surface area contributed by atoms with Crippen molar-refractivity contribution in [3.63, 3.8) is 0 Å². The number of carbonyl (C=O) groups excluding carboxylic acids is 3. The predicted molar refractivity (Wildman–Crippen MR) is 178 cm³/mol. The highest BCUT2D eigenvalue weighted by atomic mass is 79.9. The zero-order valence-electron chi connectivity index (χ0n) is 25.6. The van der Waals surface area contributed by atoms with Crippen LogP contribution in [0.25, 0.3) is 0 Å². The van der Waals surface area contributed by atoms with Crippen LogP contribution in [0.4, 0.5) is 5.69 Å². The molecule has 0 radical (unpaired) electrons. The monoisotopic (exact) mass is 669 g/mol. The van der Waals surface area contributed by atoms with Crippen LogP contribution in [0.3, 0.4) is 0 Å². The summed E-state index contributed by atoms with van der Waals surface area (Å²) in [7, 11) is 0. The summed E-state index contributed by atoms with van der Waals surface area (Å²) in [4.78, 5) is 46.2. The Morgan fingerprint density at radius 3 is 2.02 bits per heavy atom. The van der Waals surface area contributed by atoms with Gasteiger partial charge in [0.25, 0.3) is 5.91 Å². The van der Waals surface area contributed by atoms with E-state index in [9.17, 15) is 14.4 Å². The molecule has 3 aromatic rings. The number of piperazine rings is 1. The molecule has 3 amide bonds. The summed E-state index contributed by atoms with van der Waals surface area (Å²) in [6.45, 7) is 8.76. The third kappa shape index (κ3) is 6.71. The van der Waals surface area contributed by atoms with Gasteiger partial charge in [0, 0.05) is 68.0 Å². The Morgan fingerprint density at radius 1 is 0.733 bits per heavy atom. The molecule has 4 aliphatic heterocycles. The van der Waals surface area contributed by atoms with Crippen LogP contribution in [0.5, 0.6) is 0 Å². The molecule has 7 rings (SSSR count). The Balaban J connectivity index is 0.874. The Bertz CT molecular complexity index is 1560. The third-order valence-electron chi connectivity index (χ3n) is 10.0. The molecule has 3 fully saturated rings. The Morgan fingerprint density at radius 2 is 1.38 bits per heavy atom. The number of rotatable bonds is 7. The van der Waals surface area contributed by atoms with Crippen molar-refractivity contribution in [3.05, 3.63) is 99.0 Å². The summed E-state index contributed by atoms with van der Waals surface area (Å²) in [6.07, 6.45) is 2.85. The lowest BCUT2D eigenvalue weighted by molar-refractivity contribution is -0.136. The zero-order valence-corrected chi connectivity index (χ0v) is 27.2. The standard InChI is InChI=1S/C36H40BrN5O3/c37-30-6-8-31(9-7-30)41-19-17-40(18-20-41)23-26-3-1-25(2-4-26)22-39-15-13-27(14-16-39)28-5-10-32-29(21-28)24-42(36(32)45)33-11-12-34(43)38-35(33)44/h1-10,21,27,33H,11-20,22-24H2,(H,38,43,44). The number of nitrogens with one attached hydrogen (secondary N) is 1. The topological polar surface area (TPSA) is 76.2 Å². The number of nitrogens with zero attached hydrogens (tertiary/aromatic N) is 4. The van der Waals surface area contributed by atoms with E-state index in [1.54, 1.807) is 4.90 Å². The third-order valence-corrected chi connectivity index (χ3v) is 10.5. The average Bonchev–Trinajstić information content (AvgIpc) is 3.38. The van der Waals surface area contributed by atoms with E-state index in [0.717, 1.165) is 75.2 Å². The van der Waals surface area contributed by atoms with Crippen molar-refractivity contribution in [2.24, 2.45) is 0 Å². The van der Waals surface area contributed by atoms with Crippen molar-refractivity contribution in [2.75, 3.05) is 44.2 Å². The van der Waals surface area contributed by atoms with Gasteiger partial charge in [-0.25, -0.2) is 0 Å². The molecule has 0 spiro atoms. The molecule has 4 aliphatic rings. The number of benzene rings is 3. The first-order valence-corrected chi connectivity index (χ1v) is 17.0. The first-order valence-electron chi connectivity index (χ1n) is 16.2. The summed E-state index contributed by atoms with van der Waals surface area (Å²) < 4.78 is 1.12. The van der Waals surface area contributed by atoms with Crippen LogP contribution in [0, 0.1) is 0 Å². The highest BCUT2D eigenvalue weighted by Crippen LogP contribution is 2.34. The molecule has 0 aromatic heterocycles. The van der Waals surface area contributed by atoms with Gasteiger partial charge in [-0.2, -0.15) is 0 Å². The average molecular weight is 671 g/mol. The van der Waals surface area contributed by atoms with E-state index in [4.69, 9.17) is 0 Å². The van der Waals surface area contributed by atoms with Gasteiger partial charge in [-0.05, 0) is 90.9 Å². The number of halogens is 1. The van der Waals surface area contributed by atoms with Gasteiger partial charge >= 0.3 is 0 Å². The SMILES string of the molecule is O=C1CCC(N2Cc3cc(C4CCN(Cc5ccc(CN6CCN(c7ccc(Br)cc7)CC6)cc5)CC4)ccc3C2=O)C(=O)N1. The van der Waals surface area contributed by atoms with E-state index in [-0.39, 0.29) is 24.1 Å². The highest BCUT2D eigenvalue weighted by molar-refractivity contribution is 9.10. The maximum atomic E-state index is 13.1. The molecule has 234 valence electrons. The lowest BCUT2D eigenvalue weighted by Crippen LogP contribution is -2.52. The van der Waals surface area contributed by atoms with E-state index >= 15 is 0 Å². The fourth-order valence-electron chi connectivity index (χ4n) is 7.36. The minimum absolute atomic E-state index is 0.105. The van der Waals surface area contributed by atoms with Gasteiger partial charge in [-0.3, -0.25) is 29.5 Å². The molecular weight excluding hydrogens is 630 g/mol. The molecule has 0 saturated carbocycles. The van der Waals surface area contributed by atoms with Crippen LogP contribution in [0.15, 0.2) is 71.2 Å². The van der Waals surface area contributed by atoms with Crippen LogP contribution in [-0.2, 0) is 29.2 Å². The van der Waals surface area contributed by atoms with E-state index in [0.29, 0.717) is 24.4 Å². The maximum Gasteiger partial charge on any atom is 0.255 e. The number of likely N-dealkylation sites (tertiary alicyclic amines) is 1. The number of amides is 3. The minimum Gasteiger partial charge on any atom is -0.369 e. The molecular formula is C36H40BrN5O3. The molecule has 3 aromatic carbocycles. The lowest BCUT2D eigenvalue weighted by atomic mass is 9.87. The van der Waals surface area contributed by atoms with Crippen molar-refractivity contribution < 1.29 is 14.4 Å². The van der Waals surface area contributed by atoms with Gasteiger partial charge in [0.2, 0.25) is 11.8 Å². The first kappa shape index (κ1) is 30.1. The van der Waals surface area contributed by atoms with Crippen molar-refractivity contribution in [1.29, 1.82) is 0 Å². The van der Waals surface area contributed by atoms with Crippen LogP contribution in [-0.4, -0.2) is 77.7 Å². The molecule has 0 bridgehead atoms. The van der Waals surface area contributed by atoms with Crippen LogP contribution >= 0.6 is 15.9 Å². The van der Waals surface area contributed by atoms with Crippen molar-refractivity contribution in [2.45, 2.75) is 57.3 Å². The second-order valence-corrected chi connectivity index (χ2v) is 13.8.